The Bertz CT molecular complexity index is 1320. The fourth-order valence-electron chi connectivity index (χ4n) is 3.51. The van der Waals surface area contributed by atoms with E-state index in [0.717, 1.165) is 16.8 Å². The van der Waals surface area contributed by atoms with Crippen molar-refractivity contribution in [2.24, 2.45) is 0 Å². The van der Waals surface area contributed by atoms with E-state index in [1.54, 1.807) is 36.7 Å². The maximum absolute atomic E-state index is 12.7. The number of ether oxygens (including phenoxy) is 1. The van der Waals surface area contributed by atoms with Gasteiger partial charge in [0, 0.05) is 29.8 Å². The predicted octanol–water partition coefficient (Wildman–Crippen LogP) is 5.12. The van der Waals surface area contributed by atoms with Crippen molar-refractivity contribution in [1.29, 1.82) is 0 Å². The Morgan fingerprint density at radius 2 is 1.97 bits per heavy atom. The monoisotopic (exact) mass is 480 g/mol. The zero-order valence-corrected chi connectivity index (χ0v) is 18.9. The van der Waals surface area contributed by atoms with E-state index in [0.29, 0.717) is 27.9 Å². The molecule has 12 heteroatoms. The molecule has 3 heterocycles. The molecule has 0 fully saturated rings. The van der Waals surface area contributed by atoms with Crippen molar-refractivity contribution in [1.82, 2.24) is 24.7 Å². The first-order valence-electron chi connectivity index (χ1n) is 9.94. The SMILES string of the molecule is COc1ccc(-c2c(C)nn3c(NC(C)Cc4nc(C(F)(F)F)no4)cc(C)nc23)c(Cl)c1. The summed E-state index contributed by atoms with van der Waals surface area (Å²) in [5.41, 5.74) is 3.55. The predicted molar refractivity (Wildman–Crippen MR) is 116 cm³/mol. The second kappa shape index (κ2) is 8.54. The molecule has 3 aromatic heterocycles. The molecule has 8 nitrogen and oxygen atoms in total. The molecule has 0 aliphatic carbocycles. The topological polar surface area (TPSA) is 90.4 Å². The first-order valence-corrected chi connectivity index (χ1v) is 10.3. The summed E-state index contributed by atoms with van der Waals surface area (Å²) in [6, 6.07) is 6.83. The van der Waals surface area contributed by atoms with Gasteiger partial charge in [0.1, 0.15) is 11.6 Å². The maximum atomic E-state index is 12.7. The number of methoxy groups -OCH3 is 1. The van der Waals surface area contributed by atoms with Gasteiger partial charge in [-0.15, -0.1) is 0 Å². The molecule has 0 radical (unpaired) electrons. The van der Waals surface area contributed by atoms with E-state index in [4.69, 9.17) is 20.9 Å². The Morgan fingerprint density at radius 3 is 2.61 bits per heavy atom. The van der Waals surface area contributed by atoms with Gasteiger partial charge in [0.2, 0.25) is 5.89 Å². The molecule has 4 rings (SSSR count). The number of aromatic nitrogens is 5. The molecular formula is C21H20ClF3N6O2. The molecular weight excluding hydrogens is 461 g/mol. The first-order chi connectivity index (χ1) is 15.6. The molecule has 1 N–H and O–H groups in total. The highest BCUT2D eigenvalue weighted by Crippen LogP contribution is 2.36. The van der Waals surface area contributed by atoms with Crippen LogP contribution in [-0.4, -0.2) is 37.9 Å². The summed E-state index contributed by atoms with van der Waals surface area (Å²) in [6.45, 7) is 5.48. The first kappa shape index (κ1) is 22.8. The summed E-state index contributed by atoms with van der Waals surface area (Å²) < 4.78 is 49.8. The Kier molecular flexibility index (Phi) is 5.91. The van der Waals surface area contributed by atoms with Crippen molar-refractivity contribution in [3.05, 3.63) is 52.4 Å². The van der Waals surface area contributed by atoms with Gasteiger partial charge < -0.3 is 14.6 Å². The van der Waals surface area contributed by atoms with Crippen molar-refractivity contribution in [2.75, 3.05) is 12.4 Å². The number of hydrogen-bond acceptors (Lipinski definition) is 7. The minimum Gasteiger partial charge on any atom is -0.497 e. The van der Waals surface area contributed by atoms with Crippen LogP contribution in [-0.2, 0) is 12.6 Å². The van der Waals surface area contributed by atoms with Crippen molar-refractivity contribution < 1.29 is 22.4 Å². The van der Waals surface area contributed by atoms with Gasteiger partial charge in [-0.1, -0.05) is 16.8 Å². The van der Waals surface area contributed by atoms with Crippen LogP contribution in [0.2, 0.25) is 5.02 Å². The van der Waals surface area contributed by atoms with E-state index in [1.807, 2.05) is 19.9 Å². The van der Waals surface area contributed by atoms with Crippen LogP contribution in [0, 0.1) is 13.8 Å². The number of anilines is 1. The summed E-state index contributed by atoms with van der Waals surface area (Å²) in [5, 5.41) is 11.3. The highest BCUT2D eigenvalue weighted by atomic mass is 35.5. The largest absolute Gasteiger partial charge is 0.497 e. The lowest BCUT2D eigenvalue weighted by atomic mass is 10.1. The standard InChI is InChI=1S/C21H20ClF3N6O2/c1-10-7-16(26-11(2)8-17-28-20(30-33-17)21(23,24)25)31-19(27-10)18(12(3)29-31)14-6-5-13(32-4)9-15(14)22/h5-7,9,11,26H,8H2,1-4H3. The average molecular weight is 481 g/mol. The molecule has 0 amide bonds. The molecule has 0 aliphatic heterocycles. The molecule has 0 aliphatic rings. The van der Waals surface area contributed by atoms with Crippen molar-refractivity contribution in [3.63, 3.8) is 0 Å². The minimum absolute atomic E-state index is 0.0867. The summed E-state index contributed by atoms with van der Waals surface area (Å²) in [5.74, 6) is -0.172. The van der Waals surface area contributed by atoms with Gasteiger partial charge >= 0.3 is 6.18 Å². The van der Waals surface area contributed by atoms with Gasteiger partial charge in [-0.25, -0.2) is 4.98 Å². The van der Waals surface area contributed by atoms with Gasteiger partial charge in [0.05, 0.1) is 23.4 Å². The molecule has 174 valence electrons. The third-order valence-corrected chi connectivity index (χ3v) is 5.25. The molecule has 0 saturated carbocycles. The summed E-state index contributed by atoms with van der Waals surface area (Å²) >= 11 is 6.50. The van der Waals surface area contributed by atoms with E-state index in [-0.39, 0.29) is 18.4 Å². The van der Waals surface area contributed by atoms with Gasteiger partial charge in [0.15, 0.2) is 5.65 Å². The van der Waals surface area contributed by atoms with Crippen molar-refractivity contribution in [2.45, 2.75) is 39.4 Å². The number of nitrogens with one attached hydrogen (secondary N) is 1. The van der Waals surface area contributed by atoms with E-state index in [1.165, 1.54) is 0 Å². The van der Waals surface area contributed by atoms with Crippen LogP contribution < -0.4 is 10.1 Å². The number of alkyl halides is 3. The molecule has 1 aromatic carbocycles. The van der Waals surface area contributed by atoms with Crippen LogP contribution in [0.4, 0.5) is 19.0 Å². The number of rotatable bonds is 6. The van der Waals surface area contributed by atoms with Crippen molar-refractivity contribution in [3.8, 4) is 16.9 Å². The van der Waals surface area contributed by atoms with Gasteiger partial charge in [-0.05, 0) is 39.0 Å². The third-order valence-electron chi connectivity index (χ3n) is 4.93. The lowest BCUT2D eigenvalue weighted by Crippen LogP contribution is -2.21. The van der Waals surface area contributed by atoms with Gasteiger partial charge in [-0.2, -0.15) is 27.8 Å². The Balaban J connectivity index is 1.67. The minimum atomic E-state index is -4.65. The van der Waals surface area contributed by atoms with Crippen molar-refractivity contribution >= 4 is 23.1 Å². The average Bonchev–Trinajstić information content (AvgIpc) is 3.32. The second-order valence-corrected chi connectivity index (χ2v) is 7.99. The van der Waals surface area contributed by atoms with Crippen LogP contribution in [0.15, 0.2) is 28.8 Å². The molecule has 0 saturated heterocycles. The van der Waals surface area contributed by atoms with Gasteiger partial charge in [-0.3, -0.25) is 0 Å². The fourth-order valence-corrected chi connectivity index (χ4v) is 3.77. The lowest BCUT2D eigenvalue weighted by Gasteiger charge is -2.15. The molecule has 1 unspecified atom stereocenters. The highest BCUT2D eigenvalue weighted by molar-refractivity contribution is 6.33. The molecule has 4 aromatic rings. The van der Waals surface area contributed by atoms with E-state index >= 15 is 0 Å². The Labute approximate surface area is 191 Å². The van der Waals surface area contributed by atoms with Crippen LogP contribution in [0.3, 0.4) is 0 Å². The van der Waals surface area contributed by atoms with Gasteiger partial charge in [0.25, 0.3) is 5.82 Å². The molecule has 1 atom stereocenters. The zero-order chi connectivity index (χ0) is 23.9. The van der Waals surface area contributed by atoms with Crippen LogP contribution in [0.5, 0.6) is 5.75 Å². The fraction of sp³-hybridized carbons (Fsp3) is 0.333. The third kappa shape index (κ3) is 4.58. The summed E-state index contributed by atoms with van der Waals surface area (Å²) in [7, 11) is 1.56. The smallest absolute Gasteiger partial charge is 0.455 e. The molecule has 33 heavy (non-hydrogen) atoms. The molecule has 0 spiro atoms. The highest BCUT2D eigenvalue weighted by Gasteiger charge is 2.37. The second-order valence-electron chi connectivity index (χ2n) is 7.58. The van der Waals surface area contributed by atoms with E-state index < -0.39 is 12.0 Å². The molecule has 0 bridgehead atoms. The summed E-state index contributed by atoms with van der Waals surface area (Å²) in [6.07, 6.45) is -4.57. The number of benzene rings is 1. The number of aryl methyl sites for hydroxylation is 2. The number of halogens is 4. The Morgan fingerprint density at radius 1 is 1.21 bits per heavy atom. The van der Waals surface area contributed by atoms with Crippen LogP contribution in [0.25, 0.3) is 16.8 Å². The number of hydrogen-bond donors (Lipinski definition) is 1. The zero-order valence-electron chi connectivity index (χ0n) is 18.2. The van der Waals surface area contributed by atoms with Crippen LogP contribution in [0.1, 0.15) is 30.0 Å². The van der Waals surface area contributed by atoms with Crippen LogP contribution >= 0.6 is 11.6 Å². The normalized spacial score (nSPS) is 12.8. The number of fused-ring (bicyclic) bond motifs is 1. The Hall–Kier alpha value is -3.34. The maximum Gasteiger partial charge on any atom is 0.455 e. The quantitative estimate of drug-likeness (QED) is 0.409. The van der Waals surface area contributed by atoms with E-state index in [2.05, 4.69) is 25.5 Å². The number of nitrogens with zero attached hydrogens (tertiary/aromatic N) is 5. The van der Waals surface area contributed by atoms with E-state index in [9.17, 15) is 13.2 Å². The summed E-state index contributed by atoms with van der Waals surface area (Å²) in [4.78, 5) is 8.07. The lowest BCUT2D eigenvalue weighted by molar-refractivity contribution is -0.146.